The van der Waals surface area contributed by atoms with Crippen LogP contribution in [0.4, 0.5) is 5.69 Å². The van der Waals surface area contributed by atoms with E-state index >= 15 is 0 Å². The summed E-state index contributed by atoms with van der Waals surface area (Å²) in [5, 5.41) is 7.62. The third-order valence-corrected chi connectivity index (χ3v) is 3.35. The summed E-state index contributed by atoms with van der Waals surface area (Å²) in [7, 11) is 0. The van der Waals surface area contributed by atoms with Crippen molar-refractivity contribution in [1.29, 1.82) is 0 Å². The molecule has 3 nitrogen and oxygen atoms in total. The van der Waals surface area contributed by atoms with Crippen LogP contribution in [0.5, 0.6) is 0 Å². The third kappa shape index (κ3) is 1.98. The van der Waals surface area contributed by atoms with Crippen molar-refractivity contribution in [3.63, 3.8) is 0 Å². The van der Waals surface area contributed by atoms with Gasteiger partial charge in [-0.15, -0.1) is 0 Å². The summed E-state index contributed by atoms with van der Waals surface area (Å²) in [6.45, 7) is 0. The molecule has 0 spiro atoms. The summed E-state index contributed by atoms with van der Waals surface area (Å²) in [5.41, 5.74) is 2.22. The maximum Gasteiger partial charge on any atom is 0.256 e. The molecule has 0 aliphatic carbocycles. The zero-order chi connectivity index (χ0) is 12.4. The lowest BCUT2D eigenvalue weighted by Crippen LogP contribution is -2.11. The van der Waals surface area contributed by atoms with Crippen molar-refractivity contribution in [1.82, 2.24) is 4.98 Å². The highest BCUT2D eigenvalue weighted by molar-refractivity contribution is 7.08. The maximum atomic E-state index is 12.0. The van der Waals surface area contributed by atoms with Crippen LogP contribution in [0, 0.1) is 0 Å². The van der Waals surface area contributed by atoms with E-state index in [0.29, 0.717) is 5.56 Å². The summed E-state index contributed by atoms with van der Waals surface area (Å²) in [6, 6.07) is 11.4. The molecule has 1 amide bonds. The topological polar surface area (TPSA) is 42.0 Å². The lowest BCUT2D eigenvalue weighted by Gasteiger charge is -2.06. The summed E-state index contributed by atoms with van der Waals surface area (Å²) in [6.07, 6.45) is 1.72. The van der Waals surface area contributed by atoms with E-state index in [1.807, 2.05) is 41.1 Å². The molecule has 0 saturated carbocycles. The largest absolute Gasteiger partial charge is 0.320 e. The quantitative estimate of drug-likeness (QED) is 0.760. The zero-order valence-corrected chi connectivity index (χ0v) is 10.3. The fourth-order valence-corrected chi connectivity index (χ4v) is 2.43. The minimum Gasteiger partial charge on any atom is -0.320 e. The van der Waals surface area contributed by atoms with Gasteiger partial charge in [0.15, 0.2) is 0 Å². The van der Waals surface area contributed by atoms with Crippen molar-refractivity contribution in [3.8, 4) is 0 Å². The number of pyridine rings is 1. The Morgan fingerprint density at radius 1 is 1.17 bits per heavy atom. The molecule has 0 fully saturated rings. The molecule has 2 aromatic heterocycles. The van der Waals surface area contributed by atoms with E-state index in [1.165, 1.54) is 11.3 Å². The number of carbonyl (C=O) groups is 1. The molecule has 4 heteroatoms. The second-order valence-corrected chi connectivity index (χ2v) is 4.63. The zero-order valence-electron chi connectivity index (χ0n) is 9.46. The Morgan fingerprint density at radius 2 is 2.06 bits per heavy atom. The number of rotatable bonds is 2. The highest BCUT2D eigenvalue weighted by atomic mass is 32.1. The molecule has 0 atom stereocenters. The van der Waals surface area contributed by atoms with Crippen LogP contribution in [-0.2, 0) is 0 Å². The summed E-state index contributed by atoms with van der Waals surface area (Å²) in [5.74, 6) is -0.102. The number of anilines is 1. The molecule has 3 rings (SSSR count). The number of carbonyl (C=O) groups excluding carboxylic acids is 1. The lowest BCUT2D eigenvalue weighted by molar-refractivity contribution is 0.102. The number of nitrogens with zero attached hydrogens (tertiary/aromatic N) is 1. The number of benzene rings is 1. The number of hydrogen-bond acceptors (Lipinski definition) is 3. The SMILES string of the molecule is O=C(Nc1cccc2cccnc12)c1ccsc1. The predicted octanol–water partition coefficient (Wildman–Crippen LogP) is 3.55. The molecular formula is C14H10N2OS. The standard InChI is InChI=1S/C14H10N2OS/c17-14(11-6-8-18-9-11)16-12-5-1-3-10-4-2-7-15-13(10)12/h1-9H,(H,16,17). The average molecular weight is 254 g/mol. The van der Waals surface area contributed by atoms with Crippen molar-refractivity contribution in [2.45, 2.75) is 0 Å². The van der Waals surface area contributed by atoms with Crippen molar-refractivity contribution in [2.24, 2.45) is 0 Å². The Hall–Kier alpha value is -2.20. The number of fused-ring (bicyclic) bond motifs is 1. The van der Waals surface area contributed by atoms with E-state index in [1.54, 1.807) is 12.3 Å². The molecule has 88 valence electrons. The van der Waals surface area contributed by atoms with Gasteiger partial charge in [-0.1, -0.05) is 18.2 Å². The number of para-hydroxylation sites is 1. The van der Waals surface area contributed by atoms with Crippen molar-refractivity contribution >= 4 is 33.8 Å². The van der Waals surface area contributed by atoms with Gasteiger partial charge in [0, 0.05) is 17.0 Å². The van der Waals surface area contributed by atoms with E-state index < -0.39 is 0 Å². The molecule has 0 aliphatic heterocycles. The van der Waals surface area contributed by atoms with Crippen LogP contribution in [0.2, 0.25) is 0 Å². The molecule has 2 heterocycles. The first-order valence-corrected chi connectivity index (χ1v) is 6.46. The minimum atomic E-state index is -0.102. The van der Waals surface area contributed by atoms with Gasteiger partial charge < -0.3 is 5.32 Å². The first kappa shape index (κ1) is 10.9. The van der Waals surface area contributed by atoms with Crippen LogP contribution in [0.3, 0.4) is 0 Å². The van der Waals surface area contributed by atoms with E-state index in [0.717, 1.165) is 16.6 Å². The number of amides is 1. The average Bonchev–Trinajstić information content (AvgIpc) is 2.93. The van der Waals surface area contributed by atoms with Crippen LogP contribution >= 0.6 is 11.3 Å². The van der Waals surface area contributed by atoms with Gasteiger partial charge in [-0.2, -0.15) is 11.3 Å². The normalized spacial score (nSPS) is 10.4. The number of aromatic nitrogens is 1. The van der Waals surface area contributed by atoms with Crippen molar-refractivity contribution < 1.29 is 4.79 Å². The molecule has 0 aliphatic rings. The summed E-state index contributed by atoms with van der Waals surface area (Å²) < 4.78 is 0. The highest BCUT2D eigenvalue weighted by Crippen LogP contribution is 2.21. The number of hydrogen-bond donors (Lipinski definition) is 1. The van der Waals surface area contributed by atoms with E-state index in [2.05, 4.69) is 10.3 Å². The maximum absolute atomic E-state index is 12.0. The molecular weight excluding hydrogens is 244 g/mol. The Balaban J connectivity index is 1.98. The second kappa shape index (κ2) is 4.58. The monoisotopic (exact) mass is 254 g/mol. The Labute approximate surface area is 108 Å². The molecule has 0 radical (unpaired) electrons. The van der Waals surface area contributed by atoms with Crippen molar-refractivity contribution in [2.75, 3.05) is 5.32 Å². The first-order valence-electron chi connectivity index (χ1n) is 5.52. The fraction of sp³-hybridized carbons (Fsp3) is 0. The first-order chi connectivity index (χ1) is 8.84. The van der Waals surface area contributed by atoms with Crippen molar-refractivity contribution in [3.05, 3.63) is 58.9 Å². The van der Waals surface area contributed by atoms with Crippen LogP contribution in [0.1, 0.15) is 10.4 Å². The van der Waals surface area contributed by atoms with Gasteiger partial charge in [0.1, 0.15) is 0 Å². The predicted molar refractivity (Wildman–Crippen MR) is 74.0 cm³/mol. The smallest absolute Gasteiger partial charge is 0.256 e. The minimum absolute atomic E-state index is 0.102. The van der Waals surface area contributed by atoms with Gasteiger partial charge in [0.25, 0.3) is 5.91 Å². The molecule has 3 aromatic rings. The second-order valence-electron chi connectivity index (χ2n) is 3.85. The number of nitrogens with one attached hydrogen (secondary N) is 1. The van der Waals surface area contributed by atoms with Crippen LogP contribution in [0.25, 0.3) is 10.9 Å². The van der Waals surface area contributed by atoms with Gasteiger partial charge in [-0.05, 0) is 23.6 Å². The molecule has 0 bridgehead atoms. The third-order valence-electron chi connectivity index (χ3n) is 2.66. The van der Waals surface area contributed by atoms with Crippen LogP contribution < -0.4 is 5.32 Å². The highest BCUT2D eigenvalue weighted by Gasteiger charge is 2.08. The Morgan fingerprint density at radius 3 is 2.89 bits per heavy atom. The van der Waals surface area contributed by atoms with Gasteiger partial charge in [0.2, 0.25) is 0 Å². The van der Waals surface area contributed by atoms with Gasteiger partial charge in [-0.25, -0.2) is 0 Å². The van der Waals surface area contributed by atoms with Gasteiger partial charge in [-0.3, -0.25) is 9.78 Å². The molecule has 0 saturated heterocycles. The van der Waals surface area contributed by atoms with Gasteiger partial charge in [0.05, 0.1) is 16.8 Å². The summed E-state index contributed by atoms with van der Waals surface area (Å²) >= 11 is 1.51. The van der Waals surface area contributed by atoms with E-state index in [4.69, 9.17) is 0 Å². The van der Waals surface area contributed by atoms with Crippen LogP contribution in [-0.4, -0.2) is 10.9 Å². The molecule has 1 N–H and O–H groups in total. The molecule has 0 unspecified atom stereocenters. The molecule has 18 heavy (non-hydrogen) atoms. The lowest BCUT2D eigenvalue weighted by atomic mass is 10.2. The Bertz CT molecular complexity index is 687. The van der Waals surface area contributed by atoms with Gasteiger partial charge >= 0.3 is 0 Å². The van der Waals surface area contributed by atoms with E-state index in [9.17, 15) is 4.79 Å². The molecule has 1 aromatic carbocycles. The summed E-state index contributed by atoms with van der Waals surface area (Å²) in [4.78, 5) is 16.3. The van der Waals surface area contributed by atoms with Crippen LogP contribution in [0.15, 0.2) is 53.4 Å². The fourth-order valence-electron chi connectivity index (χ4n) is 1.79. The number of thiophene rings is 1. The van der Waals surface area contributed by atoms with E-state index in [-0.39, 0.29) is 5.91 Å². The Kier molecular flexibility index (Phi) is 2.78.